The van der Waals surface area contributed by atoms with Gasteiger partial charge in [-0.3, -0.25) is 14.9 Å². The minimum Gasteiger partial charge on any atom is -0.345 e. The van der Waals surface area contributed by atoms with Crippen molar-refractivity contribution >= 4 is 23.2 Å². The van der Waals surface area contributed by atoms with Gasteiger partial charge in [-0.25, -0.2) is 0 Å². The zero-order chi connectivity index (χ0) is 14.0. The van der Waals surface area contributed by atoms with Crippen molar-refractivity contribution in [1.29, 1.82) is 0 Å². The van der Waals surface area contributed by atoms with Gasteiger partial charge >= 0.3 is 0 Å². The van der Waals surface area contributed by atoms with Crippen LogP contribution in [0, 0.1) is 17.0 Å². The highest BCUT2D eigenvalue weighted by Gasteiger charge is 2.37. The zero-order valence-corrected chi connectivity index (χ0v) is 11.4. The number of non-ortho nitro benzene ring substituents is 1. The topological polar surface area (TPSA) is 72.2 Å². The number of carbonyl (C=O) groups excluding carboxylic acids is 1. The summed E-state index contributed by atoms with van der Waals surface area (Å²) in [5.74, 6) is 0.0688. The summed E-state index contributed by atoms with van der Waals surface area (Å²) in [6.07, 6.45) is 2.76. The van der Waals surface area contributed by atoms with Gasteiger partial charge in [-0.2, -0.15) is 0 Å². The molecule has 0 aliphatic heterocycles. The van der Waals surface area contributed by atoms with Gasteiger partial charge in [0, 0.05) is 23.6 Å². The van der Waals surface area contributed by atoms with E-state index in [-0.39, 0.29) is 17.1 Å². The second kappa shape index (κ2) is 5.17. The molecular weight excluding hydrogens is 268 g/mol. The molecule has 1 aliphatic carbocycles. The number of hydrogen-bond acceptors (Lipinski definition) is 3. The van der Waals surface area contributed by atoms with E-state index in [1.54, 1.807) is 13.0 Å². The highest BCUT2D eigenvalue weighted by Crippen LogP contribution is 2.33. The van der Waals surface area contributed by atoms with E-state index >= 15 is 0 Å². The molecule has 0 unspecified atom stereocenters. The second-order valence-corrected chi connectivity index (χ2v) is 5.30. The van der Waals surface area contributed by atoms with Crippen LogP contribution in [0.3, 0.4) is 0 Å². The van der Waals surface area contributed by atoms with Crippen LogP contribution >= 0.6 is 11.6 Å². The van der Waals surface area contributed by atoms with E-state index in [1.807, 2.05) is 0 Å². The van der Waals surface area contributed by atoms with Crippen LogP contribution in [0.25, 0.3) is 0 Å². The molecule has 5 nitrogen and oxygen atoms in total. The molecule has 0 atom stereocenters. The molecule has 0 radical (unpaired) electrons. The van der Waals surface area contributed by atoms with Crippen molar-refractivity contribution in [3.8, 4) is 0 Å². The Balaban J connectivity index is 2.21. The molecule has 0 aromatic heterocycles. The van der Waals surface area contributed by atoms with Gasteiger partial charge in [-0.15, -0.1) is 11.6 Å². The maximum Gasteiger partial charge on any atom is 0.270 e. The van der Waals surface area contributed by atoms with Gasteiger partial charge in [0.1, 0.15) is 0 Å². The van der Waals surface area contributed by atoms with E-state index in [2.05, 4.69) is 5.32 Å². The number of aryl methyl sites for hydroxylation is 1. The van der Waals surface area contributed by atoms with Crippen LogP contribution in [0.15, 0.2) is 18.2 Å². The van der Waals surface area contributed by atoms with Gasteiger partial charge in [0.2, 0.25) is 0 Å². The van der Waals surface area contributed by atoms with Crippen LogP contribution in [0.1, 0.15) is 35.2 Å². The fraction of sp³-hybridized carbons (Fsp3) is 0.462. The Hall–Kier alpha value is -1.62. The molecule has 0 saturated heterocycles. The number of rotatable bonds is 4. The predicted octanol–water partition coefficient (Wildman–Crippen LogP) is 2.79. The number of carbonyl (C=O) groups is 1. The maximum atomic E-state index is 12.1. The second-order valence-electron chi connectivity index (χ2n) is 5.04. The number of nitrogens with one attached hydrogen (secondary N) is 1. The summed E-state index contributed by atoms with van der Waals surface area (Å²) in [6.45, 7) is 1.73. The first-order chi connectivity index (χ1) is 8.96. The molecule has 0 bridgehead atoms. The number of amides is 1. The van der Waals surface area contributed by atoms with Crippen molar-refractivity contribution in [2.24, 2.45) is 0 Å². The van der Waals surface area contributed by atoms with Crippen LogP contribution in [0.2, 0.25) is 0 Å². The number of nitro groups is 1. The Labute approximate surface area is 116 Å². The van der Waals surface area contributed by atoms with E-state index in [1.165, 1.54) is 12.1 Å². The largest absolute Gasteiger partial charge is 0.345 e. The van der Waals surface area contributed by atoms with Gasteiger partial charge in [0.15, 0.2) is 0 Å². The molecule has 0 spiro atoms. The average Bonchev–Trinajstić information content (AvgIpc) is 2.32. The number of nitro benzene ring substituents is 1. The van der Waals surface area contributed by atoms with Crippen molar-refractivity contribution < 1.29 is 9.72 Å². The highest BCUT2D eigenvalue weighted by molar-refractivity contribution is 6.19. The van der Waals surface area contributed by atoms with E-state index in [4.69, 9.17) is 11.6 Å². The summed E-state index contributed by atoms with van der Waals surface area (Å²) in [6, 6.07) is 4.38. The van der Waals surface area contributed by atoms with Crippen LogP contribution in [0.5, 0.6) is 0 Å². The molecule has 1 saturated carbocycles. The highest BCUT2D eigenvalue weighted by atomic mass is 35.5. The van der Waals surface area contributed by atoms with Crippen LogP contribution < -0.4 is 5.32 Å². The molecule has 19 heavy (non-hydrogen) atoms. The molecule has 0 heterocycles. The van der Waals surface area contributed by atoms with Gasteiger partial charge in [0.25, 0.3) is 11.6 Å². The molecule has 2 rings (SSSR count). The molecule has 1 amide bonds. The lowest BCUT2D eigenvalue weighted by molar-refractivity contribution is -0.384. The lowest BCUT2D eigenvalue weighted by atomic mass is 9.78. The average molecular weight is 283 g/mol. The number of halogens is 1. The molecule has 1 aromatic carbocycles. The summed E-state index contributed by atoms with van der Waals surface area (Å²) in [4.78, 5) is 22.4. The SMILES string of the molecule is Cc1cc(C(=O)NC2(CCl)CCC2)cc([N+](=O)[O-])c1. The molecule has 102 valence electrons. The summed E-state index contributed by atoms with van der Waals surface area (Å²) in [7, 11) is 0. The number of hydrogen-bond donors (Lipinski definition) is 1. The van der Waals surface area contributed by atoms with Crippen molar-refractivity contribution in [2.75, 3.05) is 5.88 Å². The van der Waals surface area contributed by atoms with Crippen molar-refractivity contribution in [1.82, 2.24) is 5.32 Å². The minimum absolute atomic E-state index is 0.0707. The van der Waals surface area contributed by atoms with Crippen molar-refractivity contribution in [3.05, 3.63) is 39.4 Å². The molecule has 1 N–H and O–H groups in total. The quantitative estimate of drug-likeness (QED) is 0.524. The standard InChI is InChI=1S/C13H15ClN2O3/c1-9-5-10(7-11(6-9)16(18)19)12(17)15-13(8-14)3-2-4-13/h5-7H,2-4,8H2,1H3,(H,15,17). The molecule has 1 aliphatic rings. The Morgan fingerprint density at radius 3 is 2.63 bits per heavy atom. The molecular formula is C13H15ClN2O3. The summed E-state index contributed by atoms with van der Waals surface area (Å²) in [5, 5.41) is 13.7. The monoisotopic (exact) mass is 282 g/mol. The Bertz CT molecular complexity index is 521. The first kappa shape index (κ1) is 13.8. The van der Waals surface area contributed by atoms with Crippen LogP contribution in [-0.4, -0.2) is 22.2 Å². The maximum absolute atomic E-state index is 12.1. The lowest BCUT2D eigenvalue weighted by Crippen LogP contribution is -2.55. The van der Waals surface area contributed by atoms with Crippen molar-refractivity contribution in [3.63, 3.8) is 0 Å². The number of benzene rings is 1. The van der Waals surface area contributed by atoms with E-state index in [9.17, 15) is 14.9 Å². The van der Waals surface area contributed by atoms with E-state index in [0.717, 1.165) is 19.3 Å². The van der Waals surface area contributed by atoms with Gasteiger partial charge in [0.05, 0.1) is 10.5 Å². The smallest absolute Gasteiger partial charge is 0.270 e. The van der Waals surface area contributed by atoms with Gasteiger partial charge in [-0.1, -0.05) is 0 Å². The van der Waals surface area contributed by atoms with Gasteiger partial charge < -0.3 is 5.32 Å². The minimum atomic E-state index is -0.496. The summed E-state index contributed by atoms with van der Waals surface area (Å²) < 4.78 is 0. The van der Waals surface area contributed by atoms with E-state index < -0.39 is 4.92 Å². The fourth-order valence-corrected chi connectivity index (χ4v) is 2.54. The first-order valence-electron chi connectivity index (χ1n) is 6.10. The van der Waals surface area contributed by atoms with Gasteiger partial charge in [-0.05, 0) is 37.8 Å². The predicted molar refractivity (Wildman–Crippen MR) is 72.6 cm³/mol. The van der Waals surface area contributed by atoms with Crippen LogP contribution in [-0.2, 0) is 0 Å². The third-order valence-corrected chi connectivity index (χ3v) is 3.99. The Kier molecular flexibility index (Phi) is 3.75. The number of alkyl halides is 1. The molecule has 1 fully saturated rings. The summed E-state index contributed by atoms with van der Waals surface area (Å²) in [5.41, 5.74) is 0.589. The first-order valence-corrected chi connectivity index (χ1v) is 6.64. The lowest BCUT2D eigenvalue weighted by Gasteiger charge is -2.41. The number of nitrogens with zero attached hydrogens (tertiary/aromatic N) is 1. The normalized spacial score (nSPS) is 16.5. The van der Waals surface area contributed by atoms with Crippen molar-refractivity contribution in [2.45, 2.75) is 31.7 Å². The fourth-order valence-electron chi connectivity index (χ4n) is 2.21. The molecule has 6 heteroatoms. The summed E-state index contributed by atoms with van der Waals surface area (Å²) >= 11 is 5.88. The molecule has 1 aromatic rings. The van der Waals surface area contributed by atoms with Crippen LogP contribution in [0.4, 0.5) is 5.69 Å². The third kappa shape index (κ3) is 2.87. The third-order valence-electron chi connectivity index (χ3n) is 3.48. The van der Waals surface area contributed by atoms with E-state index in [0.29, 0.717) is 17.0 Å². The Morgan fingerprint density at radius 1 is 1.47 bits per heavy atom. The Morgan fingerprint density at radius 2 is 2.16 bits per heavy atom. The zero-order valence-electron chi connectivity index (χ0n) is 10.6.